The third kappa shape index (κ3) is 3.70. The molecule has 0 aliphatic rings. The van der Waals surface area contributed by atoms with Crippen molar-refractivity contribution in [3.63, 3.8) is 0 Å². The Kier molecular flexibility index (Phi) is 4.07. The van der Waals surface area contributed by atoms with Gasteiger partial charge in [0.05, 0.1) is 0 Å². The van der Waals surface area contributed by atoms with Crippen molar-refractivity contribution in [1.82, 2.24) is 4.98 Å². The van der Waals surface area contributed by atoms with Crippen LogP contribution in [0.4, 0.5) is 5.69 Å². The van der Waals surface area contributed by atoms with Gasteiger partial charge in [0.1, 0.15) is 5.78 Å². The molecule has 0 amide bonds. The van der Waals surface area contributed by atoms with E-state index in [1.54, 1.807) is 12.4 Å². The van der Waals surface area contributed by atoms with Crippen LogP contribution in [0.1, 0.15) is 17.5 Å². The first-order chi connectivity index (χ1) is 8.74. The molecule has 0 spiro atoms. The fourth-order valence-corrected chi connectivity index (χ4v) is 1.85. The first-order valence-corrected chi connectivity index (χ1v) is 5.99. The Morgan fingerprint density at radius 1 is 1.11 bits per heavy atom. The zero-order valence-corrected chi connectivity index (χ0v) is 10.2. The van der Waals surface area contributed by atoms with Crippen molar-refractivity contribution in [2.24, 2.45) is 0 Å². The molecule has 2 N–H and O–H groups in total. The molecule has 1 heterocycles. The van der Waals surface area contributed by atoms with Crippen LogP contribution in [0.15, 0.2) is 48.8 Å². The predicted octanol–water partition coefficient (Wildman–Crippen LogP) is 2.41. The summed E-state index contributed by atoms with van der Waals surface area (Å²) in [4.78, 5) is 15.7. The molecule has 2 rings (SSSR count). The summed E-state index contributed by atoms with van der Waals surface area (Å²) in [6, 6.07) is 11.4. The summed E-state index contributed by atoms with van der Waals surface area (Å²) in [6.07, 6.45) is 5.19. The number of rotatable bonds is 5. The van der Waals surface area contributed by atoms with E-state index >= 15 is 0 Å². The van der Waals surface area contributed by atoms with E-state index in [0.29, 0.717) is 12.8 Å². The SMILES string of the molecule is Nc1cccc(CCC(=O)Cc2ccncc2)c1. The summed E-state index contributed by atoms with van der Waals surface area (Å²) in [5.41, 5.74) is 8.57. The van der Waals surface area contributed by atoms with E-state index in [4.69, 9.17) is 5.73 Å². The Bertz CT molecular complexity index is 523. The number of carbonyl (C=O) groups excluding carboxylic acids is 1. The van der Waals surface area contributed by atoms with Gasteiger partial charge >= 0.3 is 0 Å². The molecule has 0 bridgehead atoms. The summed E-state index contributed by atoms with van der Waals surface area (Å²) < 4.78 is 0. The molecule has 1 aromatic carbocycles. The molecule has 0 aliphatic carbocycles. The summed E-state index contributed by atoms with van der Waals surface area (Å²) in [6.45, 7) is 0. The number of aryl methyl sites for hydroxylation is 1. The second kappa shape index (κ2) is 5.96. The van der Waals surface area contributed by atoms with E-state index in [9.17, 15) is 4.79 Å². The number of anilines is 1. The van der Waals surface area contributed by atoms with Crippen LogP contribution in [0.5, 0.6) is 0 Å². The lowest BCUT2D eigenvalue weighted by Gasteiger charge is -2.03. The van der Waals surface area contributed by atoms with E-state index in [2.05, 4.69) is 4.98 Å². The van der Waals surface area contributed by atoms with E-state index in [1.807, 2.05) is 36.4 Å². The Balaban J connectivity index is 1.85. The minimum atomic E-state index is 0.239. The maximum absolute atomic E-state index is 11.8. The number of ketones is 1. The lowest BCUT2D eigenvalue weighted by atomic mass is 10.0. The van der Waals surface area contributed by atoms with Crippen molar-refractivity contribution in [2.45, 2.75) is 19.3 Å². The Labute approximate surface area is 107 Å². The van der Waals surface area contributed by atoms with Crippen molar-refractivity contribution in [2.75, 3.05) is 5.73 Å². The van der Waals surface area contributed by atoms with Gasteiger partial charge in [0, 0.05) is 30.9 Å². The molecular weight excluding hydrogens is 224 g/mol. The van der Waals surface area contributed by atoms with Gasteiger partial charge in [-0.1, -0.05) is 12.1 Å². The van der Waals surface area contributed by atoms with Gasteiger partial charge in [0.15, 0.2) is 0 Å². The highest BCUT2D eigenvalue weighted by Gasteiger charge is 2.04. The number of Topliss-reactive ketones (excluding diaryl/α,β-unsaturated/α-hetero) is 1. The van der Waals surface area contributed by atoms with Crippen LogP contribution >= 0.6 is 0 Å². The van der Waals surface area contributed by atoms with Crippen molar-refractivity contribution < 1.29 is 4.79 Å². The quantitative estimate of drug-likeness (QED) is 0.816. The zero-order chi connectivity index (χ0) is 12.8. The monoisotopic (exact) mass is 240 g/mol. The fourth-order valence-electron chi connectivity index (χ4n) is 1.85. The van der Waals surface area contributed by atoms with Crippen molar-refractivity contribution in [3.05, 3.63) is 59.9 Å². The third-order valence-electron chi connectivity index (χ3n) is 2.79. The van der Waals surface area contributed by atoms with Crippen molar-refractivity contribution in [3.8, 4) is 0 Å². The van der Waals surface area contributed by atoms with Gasteiger partial charge in [-0.3, -0.25) is 9.78 Å². The Morgan fingerprint density at radius 3 is 2.61 bits per heavy atom. The van der Waals surface area contributed by atoms with Gasteiger partial charge < -0.3 is 5.73 Å². The molecule has 3 heteroatoms. The van der Waals surface area contributed by atoms with Crippen LogP contribution in [-0.2, 0) is 17.6 Å². The first kappa shape index (κ1) is 12.3. The lowest BCUT2D eigenvalue weighted by molar-refractivity contribution is -0.118. The Morgan fingerprint density at radius 2 is 1.89 bits per heavy atom. The molecule has 0 radical (unpaired) electrons. The van der Waals surface area contributed by atoms with Gasteiger partial charge in [-0.15, -0.1) is 0 Å². The summed E-state index contributed by atoms with van der Waals surface area (Å²) in [5, 5.41) is 0. The minimum Gasteiger partial charge on any atom is -0.399 e. The van der Waals surface area contributed by atoms with E-state index in [1.165, 1.54) is 0 Å². The molecule has 0 saturated heterocycles. The van der Waals surface area contributed by atoms with Crippen LogP contribution in [0.2, 0.25) is 0 Å². The molecule has 0 unspecified atom stereocenters. The molecule has 0 atom stereocenters. The molecule has 0 aliphatic heterocycles. The molecule has 3 nitrogen and oxygen atoms in total. The zero-order valence-electron chi connectivity index (χ0n) is 10.2. The number of aromatic nitrogens is 1. The first-order valence-electron chi connectivity index (χ1n) is 5.99. The summed E-state index contributed by atoms with van der Waals surface area (Å²) in [5.74, 6) is 0.239. The third-order valence-corrected chi connectivity index (χ3v) is 2.79. The largest absolute Gasteiger partial charge is 0.399 e. The number of pyridine rings is 1. The predicted molar refractivity (Wildman–Crippen MR) is 72.1 cm³/mol. The van der Waals surface area contributed by atoms with Gasteiger partial charge in [0.25, 0.3) is 0 Å². The number of nitrogens with two attached hydrogens (primary N) is 1. The van der Waals surface area contributed by atoms with Gasteiger partial charge in [-0.25, -0.2) is 0 Å². The highest BCUT2D eigenvalue weighted by Crippen LogP contribution is 2.10. The maximum atomic E-state index is 11.8. The number of nitrogen functional groups attached to an aromatic ring is 1. The standard InChI is InChI=1S/C15H16N2O/c16-14-3-1-2-12(10-14)4-5-15(18)11-13-6-8-17-9-7-13/h1-3,6-10H,4-5,11,16H2. The van der Waals surface area contributed by atoms with Crippen molar-refractivity contribution >= 4 is 11.5 Å². The van der Waals surface area contributed by atoms with Crippen LogP contribution in [0.25, 0.3) is 0 Å². The lowest BCUT2D eigenvalue weighted by Crippen LogP contribution is -2.04. The topological polar surface area (TPSA) is 56.0 Å². The highest BCUT2D eigenvalue weighted by molar-refractivity contribution is 5.81. The number of hydrogen-bond acceptors (Lipinski definition) is 3. The molecule has 0 fully saturated rings. The number of hydrogen-bond donors (Lipinski definition) is 1. The molecule has 2 aromatic rings. The van der Waals surface area contributed by atoms with E-state index < -0.39 is 0 Å². The summed E-state index contributed by atoms with van der Waals surface area (Å²) in [7, 11) is 0. The molecule has 1 aromatic heterocycles. The molecule has 0 saturated carbocycles. The molecular formula is C15H16N2O. The van der Waals surface area contributed by atoms with Crippen LogP contribution in [0.3, 0.4) is 0 Å². The van der Waals surface area contributed by atoms with Crippen LogP contribution < -0.4 is 5.73 Å². The number of carbonyl (C=O) groups is 1. The van der Waals surface area contributed by atoms with Crippen molar-refractivity contribution in [1.29, 1.82) is 0 Å². The van der Waals surface area contributed by atoms with Gasteiger partial charge in [-0.05, 0) is 41.8 Å². The minimum absolute atomic E-state index is 0.239. The second-order valence-electron chi connectivity index (χ2n) is 4.32. The van der Waals surface area contributed by atoms with Gasteiger partial charge in [0.2, 0.25) is 0 Å². The van der Waals surface area contributed by atoms with E-state index in [-0.39, 0.29) is 5.78 Å². The van der Waals surface area contributed by atoms with Crippen LogP contribution in [0, 0.1) is 0 Å². The van der Waals surface area contributed by atoms with Gasteiger partial charge in [-0.2, -0.15) is 0 Å². The van der Waals surface area contributed by atoms with E-state index in [0.717, 1.165) is 23.2 Å². The fraction of sp³-hybridized carbons (Fsp3) is 0.200. The second-order valence-corrected chi connectivity index (χ2v) is 4.32. The number of benzene rings is 1. The Hall–Kier alpha value is -2.16. The molecule has 18 heavy (non-hydrogen) atoms. The smallest absolute Gasteiger partial charge is 0.137 e. The average Bonchev–Trinajstić information content (AvgIpc) is 2.38. The van der Waals surface area contributed by atoms with Crippen LogP contribution in [-0.4, -0.2) is 10.8 Å². The maximum Gasteiger partial charge on any atom is 0.137 e. The average molecular weight is 240 g/mol. The highest BCUT2D eigenvalue weighted by atomic mass is 16.1. The number of nitrogens with zero attached hydrogens (tertiary/aromatic N) is 1. The summed E-state index contributed by atoms with van der Waals surface area (Å²) >= 11 is 0. The molecule has 92 valence electrons. The normalized spacial score (nSPS) is 10.2.